The SMILES string of the molecule is CC1C2CCCC1CCC2. The first-order valence-corrected chi connectivity index (χ1v) is 4.88. The molecule has 0 aromatic rings. The lowest BCUT2D eigenvalue weighted by Gasteiger charge is -2.40. The van der Waals surface area contributed by atoms with Crippen molar-refractivity contribution in [3.05, 3.63) is 0 Å². The predicted molar refractivity (Wildman–Crippen MR) is 43.8 cm³/mol. The van der Waals surface area contributed by atoms with E-state index in [1.165, 1.54) is 38.5 Å². The Labute approximate surface area is 64.0 Å². The molecule has 2 rings (SSSR count). The van der Waals surface area contributed by atoms with E-state index in [1.54, 1.807) is 0 Å². The first-order valence-electron chi connectivity index (χ1n) is 4.88. The molecule has 2 saturated carbocycles. The van der Waals surface area contributed by atoms with Gasteiger partial charge in [-0.2, -0.15) is 0 Å². The van der Waals surface area contributed by atoms with Crippen molar-refractivity contribution in [1.82, 2.24) is 0 Å². The van der Waals surface area contributed by atoms with E-state index < -0.39 is 0 Å². The van der Waals surface area contributed by atoms with Crippen LogP contribution in [0.4, 0.5) is 0 Å². The van der Waals surface area contributed by atoms with Crippen LogP contribution in [0.25, 0.3) is 0 Å². The third-order valence-electron chi connectivity index (χ3n) is 3.79. The van der Waals surface area contributed by atoms with E-state index in [0.717, 1.165) is 17.8 Å². The smallest absolute Gasteiger partial charge is 0.0386 e. The highest BCUT2D eigenvalue weighted by atomic mass is 14.4. The van der Waals surface area contributed by atoms with E-state index in [1.807, 2.05) is 0 Å². The Morgan fingerprint density at radius 2 is 1.20 bits per heavy atom. The topological polar surface area (TPSA) is 0 Å². The molecule has 58 valence electrons. The van der Waals surface area contributed by atoms with Gasteiger partial charge in [-0.15, -0.1) is 0 Å². The zero-order valence-corrected chi connectivity index (χ0v) is 6.97. The Bertz CT molecular complexity index is 95.2. The largest absolute Gasteiger partial charge is 0.0620 e. The van der Waals surface area contributed by atoms with Crippen molar-refractivity contribution in [3.8, 4) is 0 Å². The molecule has 0 amide bonds. The van der Waals surface area contributed by atoms with Crippen LogP contribution in [0.2, 0.25) is 0 Å². The molecule has 0 atom stereocenters. The van der Waals surface area contributed by atoms with Gasteiger partial charge < -0.3 is 0 Å². The zero-order valence-electron chi connectivity index (χ0n) is 6.97. The first-order chi connectivity index (χ1) is 4.88. The fourth-order valence-electron chi connectivity index (χ4n) is 3.01. The highest BCUT2D eigenvalue weighted by molar-refractivity contribution is 4.83. The second-order valence-corrected chi connectivity index (χ2v) is 4.24. The minimum Gasteiger partial charge on any atom is -0.0620 e. The van der Waals surface area contributed by atoms with Crippen LogP contribution in [0.15, 0.2) is 0 Å². The van der Waals surface area contributed by atoms with E-state index in [2.05, 4.69) is 6.92 Å². The molecule has 0 aliphatic heterocycles. The molecular formula is C10H18. The molecule has 0 nitrogen and oxygen atoms in total. The zero-order chi connectivity index (χ0) is 6.97. The molecule has 0 unspecified atom stereocenters. The van der Waals surface area contributed by atoms with Crippen LogP contribution in [0.5, 0.6) is 0 Å². The molecule has 0 heterocycles. The lowest BCUT2D eigenvalue weighted by Crippen LogP contribution is -2.29. The van der Waals surface area contributed by atoms with Crippen molar-refractivity contribution in [1.29, 1.82) is 0 Å². The van der Waals surface area contributed by atoms with Crippen molar-refractivity contribution in [2.24, 2.45) is 17.8 Å². The van der Waals surface area contributed by atoms with E-state index in [0.29, 0.717) is 0 Å². The van der Waals surface area contributed by atoms with Crippen molar-refractivity contribution < 1.29 is 0 Å². The Morgan fingerprint density at radius 3 is 1.50 bits per heavy atom. The van der Waals surface area contributed by atoms with Gasteiger partial charge in [-0.1, -0.05) is 45.4 Å². The van der Waals surface area contributed by atoms with Crippen LogP contribution in [-0.4, -0.2) is 0 Å². The van der Waals surface area contributed by atoms with Crippen LogP contribution in [0.3, 0.4) is 0 Å². The molecule has 0 N–H and O–H groups in total. The Balaban J connectivity index is 2.05. The average molecular weight is 138 g/mol. The van der Waals surface area contributed by atoms with Crippen molar-refractivity contribution >= 4 is 0 Å². The summed E-state index contributed by atoms with van der Waals surface area (Å²) >= 11 is 0. The van der Waals surface area contributed by atoms with Gasteiger partial charge in [0, 0.05) is 0 Å². The lowest BCUT2D eigenvalue weighted by molar-refractivity contribution is 0.107. The molecule has 10 heavy (non-hydrogen) atoms. The summed E-state index contributed by atoms with van der Waals surface area (Å²) in [5.74, 6) is 3.31. The van der Waals surface area contributed by atoms with Crippen molar-refractivity contribution in [3.63, 3.8) is 0 Å². The van der Waals surface area contributed by atoms with Gasteiger partial charge in [0.25, 0.3) is 0 Å². The predicted octanol–water partition coefficient (Wildman–Crippen LogP) is 3.22. The van der Waals surface area contributed by atoms with Crippen LogP contribution >= 0.6 is 0 Å². The van der Waals surface area contributed by atoms with Crippen molar-refractivity contribution in [2.45, 2.75) is 45.4 Å². The molecular weight excluding hydrogens is 120 g/mol. The highest BCUT2D eigenvalue weighted by Gasteiger charge is 2.32. The number of rotatable bonds is 0. The Morgan fingerprint density at radius 1 is 0.800 bits per heavy atom. The third-order valence-corrected chi connectivity index (χ3v) is 3.79. The number of fused-ring (bicyclic) bond motifs is 2. The minimum atomic E-state index is 1.07. The standard InChI is InChI=1S/C10H18/c1-8-9-4-2-5-10(8)7-3-6-9/h8-10H,2-7H2,1H3. The summed E-state index contributed by atoms with van der Waals surface area (Å²) in [5, 5.41) is 0. The summed E-state index contributed by atoms with van der Waals surface area (Å²) in [6, 6.07) is 0. The second-order valence-electron chi connectivity index (χ2n) is 4.24. The summed E-state index contributed by atoms with van der Waals surface area (Å²) in [5.41, 5.74) is 0. The van der Waals surface area contributed by atoms with Gasteiger partial charge >= 0.3 is 0 Å². The monoisotopic (exact) mass is 138 g/mol. The fourth-order valence-corrected chi connectivity index (χ4v) is 3.01. The molecule has 0 aromatic carbocycles. The van der Waals surface area contributed by atoms with Crippen LogP contribution < -0.4 is 0 Å². The number of hydrogen-bond donors (Lipinski definition) is 0. The van der Waals surface area contributed by atoms with Crippen LogP contribution in [-0.2, 0) is 0 Å². The summed E-state index contributed by atoms with van der Waals surface area (Å²) < 4.78 is 0. The van der Waals surface area contributed by atoms with E-state index in [9.17, 15) is 0 Å². The summed E-state index contributed by atoms with van der Waals surface area (Å²) in [6.45, 7) is 2.48. The fraction of sp³-hybridized carbons (Fsp3) is 1.00. The van der Waals surface area contributed by atoms with Crippen LogP contribution in [0, 0.1) is 17.8 Å². The van der Waals surface area contributed by atoms with E-state index in [-0.39, 0.29) is 0 Å². The molecule has 0 radical (unpaired) electrons. The van der Waals surface area contributed by atoms with Gasteiger partial charge in [0.15, 0.2) is 0 Å². The van der Waals surface area contributed by atoms with Gasteiger partial charge in [0.1, 0.15) is 0 Å². The molecule has 0 aromatic heterocycles. The van der Waals surface area contributed by atoms with Gasteiger partial charge in [-0.25, -0.2) is 0 Å². The molecule has 2 bridgehead atoms. The second kappa shape index (κ2) is 2.56. The van der Waals surface area contributed by atoms with Gasteiger partial charge in [0.2, 0.25) is 0 Å². The maximum absolute atomic E-state index is 2.48. The molecule has 2 aliphatic carbocycles. The normalized spacial score (nSPS) is 47.1. The Kier molecular flexibility index (Phi) is 1.71. The average Bonchev–Trinajstić information content (AvgIpc) is 1.86. The molecule has 2 aliphatic rings. The van der Waals surface area contributed by atoms with Gasteiger partial charge in [-0.05, 0) is 17.8 Å². The summed E-state index contributed by atoms with van der Waals surface area (Å²) in [4.78, 5) is 0. The highest BCUT2D eigenvalue weighted by Crippen LogP contribution is 2.43. The third kappa shape index (κ3) is 0.980. The van der Waals surface area contributed by atoms with E-state index >= 15 is 0 Å². The first kappa shape index (κ1) is 6.69. The summed E-state index contributed by atoms with van der Waals surface area (Å²) in [6.07, 6.45) is 9.21. The van der Waals surface area contributed by atoms with Gasteiger partial charge in [-0.3, -0.25) is 0 Å². The Hall–Kier alpha value is 0. The maximum atomic E-state index is 2.48. The van der Waals surface area contributed by atoms with Gasteiger partial charge in [0.05, 0.1) is 0 Å². The molecule has 0 heteroatoms. The molecule has 0 spiro atoms. The quantitative estimate of drug-likeness (QED) is 0.482. The summed E-state index contributed by atoms with van der Waals surface area (Å²) in [7, 11) is 0. The maximum Gasteiger partial charge on any atom is -0.0386 e. The number of hydrogen-bond acceptors (Lipinski definition) is 0. The molecule has 2 fully saturated rings. The minimum absolute atomic E-state index is 1.07. The van der Waals surface area contributed by atoms with E-state index in [4.69, 9.17) is 0 Å². The van der Waals surface area contributed by atoms with Crippen LogP contribution in [0.1, 0.15) is 45.4 Å². The van der Waals surface area contributed by atoms with Crippen molar-refractivity contribution in [2.75, 3.05) is 0 Å². The molecule has 0 saturated heterocycles. The lowest BCUT2D eigenvalue weighted by atomic mass is 9.65.